The maximum absolute atomic E-state index is 13.1. The highest BCUT2D eigenvalue weighted by Crippen LogP contribution is 2.37. The van der Waals surface area contributed by atoms with E-state index in [4.69, 9.17) is 4.74 Å². The van der Waals surface area contributed by atoms with Gasteiger partial charge in [-0.1, -0.05) is 30.3 Å². The van der Waals surface area contributed by atoms with Crippen LogP contribution in [0.5, 0.6) is 0 Å². The van der Waals surface area contributed by atoms with Crippen molar-refractivity contribution in [2.75, 3.05) is 42.8 Å². The number of carbonyl (C=O) groups is 2. The van der Waals surface area contributed by atoms with E-state index in [0.29, 0.717) is 18.0 Å². The lowest BCUT2D eigenvalue weighted by Gasteiger charge is -2.47. The molecule has 0 radical (unpaired) electrons. The number of thioether (sulfide) groups is 1. The molecule has 2 amide bonds. The van der Waals surface area contributed by atoms with Gasteiger partial charge >= 0.3 is 0 Å². The third-order valence-corrected chi connectivity index (χ3v) is 7.36. The monoisotopic (exact) mass is 494 g/mol. The van der Waals surface area contributed by atoms with Crippen LogP contribution in [-0.2, 0) is 16.1 Å². The van der Waals surface area contributed by atoms with Crippen LogP contribution in [0, 0.1) is 0 Å². The summed E-state index contributed by atoms with van der Waals surface area (Å²) in [5.41, 5.74) is 1.54. The maximum Gasteiger partial charge on any atom is 0.293 e. The van der Waals surface area contributed by atoms with Gasteiger partial charge in [0.2, 0.25) is 5.91 Å². The summed E-state index contributed by atoms with van der Waals surface area (Å²) >= 11 is 1.50. The number of pyridine rings is 1. The second kappa shape index (κ2) is 9.27. The lowest BCUT2D eigenvalue weighted by molar-refractivity contribution is -0.119. The molecule has 4 heterocycles. The van der Waals surface area contributed by atoms with Gasteiger partial charge in [-0.2, -0.15) is 4.80 Å². The first-order chi connectivity index (χ1) is 16.8. The summed E-state index contributed by atoms with van der Waals surface area (Å²) in [5.74, 6) is 0.367. The number of methoxy groups -OCH3 is 1. The zero-order valence-corrected chi connectivity index (χ0v) is 20.5. The summed E-state index contributed by atoms with van der Waals surface area (Å²) in [4.78, 5) is 36.4. The fraction of sp³-hybridized carbons (Fsp3) is 0.391. The number of fused-ring (bicyclic) bond motifs is 1. The molecule has 11 nitrogen and oxygen atoms in total. The quantitative estimate of drug-likeness (QED) is 0.539. The predicted octanol–water partition coefficient (Wildman–Crippen LogP) is 1.21. The smallest absolute Gasteiger partial charge is 0.293 e. The third kappa shape index (κ3) is 4.71. The van der Waals surface area contributed by atoms with Crippen molar-refractivity contribution in [2.45, 2.75) is 30.0 Å². The predicted molar refractivity (Wildman–Crippen MR) is 131 cm³/mol. The molecule has 0 spiro atoms. The average Bonchev–Trinajstić information content (AvgIpc) is 3.28. The van der Waals surface area contributed by atoms with Crippen molar-refractivity contribution in [1.29, 1.82) is 0 Å². The Hall–Kier alpha value is -3.51. The number of amides is 2. The minimum atomic E-state index is -0.741. The average molecular weight is 495 g/mol. The molecule has 1 atom stereocenters. The lowest BCUT2D eigenvalue weighted by atomic mass is 9.96. The number of ether oxygens (including phenoxy) is 1. The number of nitrogens with one attached hydrogen (secondary N) is 1. The summed E-state index contributed by atoms with van der Waals surface area (Å²) in [6, 6.07) is 10.9. The molecule has 2 aliphatic rings. The maximum atomic E-state index is 13.1. The van der Waals surface area contributed by atoms with E-state index in [-0.39, 0.29) is 17.3 Å². The second-order valence-electron chi connectivity index (χ2n) is 8.88. The van der Waals surface area contributed by atoms with Crippen molar-refractivity contribution >= 4 is 35.1 Å². The Morgan fingerprint density at radius 3 is 2.80 bits per heavy atom. The Morgan fingerprint density at radius 1 is 1.29 bits per heavy atom. The molecule has 2 aromatic heterocycles. The van der Waals surface area contributed by atoms with E-state index in [1.54, 1.807) is 20.4 Å². The lowest BCUT2D eigenvalue weighted by Crippen LogP contribution is -2.61. The van der Waals surface area contributed by atoms with E-state index in [2.05, 4.69) is 37.5 Å². The van der Waals surface area contributed by atoms with Gasteiger partial charge in [-0.05, 0) is 23.8 Å². The van der Waals surface area contributed by atoms with Crippen molar-refractivity contribution in [3.05, 3.63) is 54.0 Å². The Labute approximate surface area is 206 Å². The normalized spacial score (nSPS) is 19.1. The molecule has 5 rings (SSSR count). The summed E-state index contributed by atoms with van der Waals surface area (Å²) in [7, 11) is 3.40. The van der Waals surface area contributed by atoms with E-state index >= 15 is 0 Å². The molecule has 2 aliphatic heterocycles. The molecule has 1 saturated heterocycles. The number of benzene rings is 1. The van der Waals surface area contributed by atoms with Crippen molar-refractivity contribution in [3.63, 3.8) is 0 Å². The Balaban J connectivity index is 1.25. The number of nitrogens with zero attached hydrogens (tertiary/aromatic N) is 7. The topological polar surface area (TPSA) is 118 Å². The zero-order valence-electron chi connectivity index (χ0n) is 19.7. The van der Waals surface area contributed by atoms with Crippen LogP contribution in [0.4, 0.5) is 11.5 Å². The van der Waals surface area contributed by atoms with Gasteiger partial charge < -0.3 is 19.9 Å². The van der Waals surface area contributed by atoms with Gasteiger partial charge in [0, 0.05) is 37.9 Å². The summed E-state index contributed by atoms with van der Waals surface area (Å²) in [5, 5.41) is 14.8. The van der Waals surface area contributed by atoms with Gasteiger partial charge in [0.05, 0.1) is 24.0 Å². The molecule has 1 fully saturated rings. The van der Waals surface area contributed by atoms with Gasteiger partial charge in [-0.3, -0.25) is 9.59 Å². The van der Waals surface area contributed by atoms with E-state index in [1.807, 2.05) is 36.4 Å². The van der Waals surface area contributed by atoms with E-state index in [9.17, 15) is 9.59 Å². The van der Waals surface area contributed by atoms with Crippen LogP contribution in [0.25, 0.3) is 0 Å². The van der Waals surface area contributed by atoms with Crippen LogP contribution in [0.15, 0.2) is 47.5 Å². The van der Waals surface area contributed by atoms with Crippen molar-refractivity contribution < 1.29 is 14.3 Å². The molecule has 0 bridgehead atoms. The zero-order chi connectivity index (χ0) is 24.6. The van der Waals surface area contributed by atoms with Gasteiger partial charge in [0.1, 0.15) is 11.9 Å². The molecule has 0 unspecified atom stereocenters. The first-order valence-electron chi connectivity index (χ1n) is 11.2. The highest BCUT2D eigenvalue weighted by atomic mass is 32.2. The number of anilines is 2. The third-order valence-electron chi connectivity index (χ3n) is 6.22. The van der Waals surface area contributed by atoms with Crippen molar-refractivity contribution in [1.82, 2.24) is 30.5 Å². The summed E-state index contributed by atoms with van der Waals surface area (Å²) < 4.78 is 5.52. The van der Waals surface area contributed by atoms with Crippen LogP contribution >= 0.6 is 11.8 Å². The SMILES string of the molecule is COC1(C)CN(c2cc3c(cn2)N(C)C(=O)[C@@H](NC(=O)c2nnn(Cc4ccccc4)n2)CS3)C1. The number of hydrogen-bond acceptors (Lipinski definition) is 9. The van der Waals surface area contributed by atoms with E-state index < -0.39 is 11.9 Å². The fourth-order valence-electron chi connectivity index (χ4n) is 4.08. The largest absolute Gasteiger partial charge is 0.375 e. The standard InChI is InChI=1S/C23H26N8O3S/c1-23(34-3)13-30(14-23)19-9-18-17(10-24-19)29(2)22(33)16(12-35-18)25-21(32)20-26-28-31(27-20)11-15-7-5-4-6-8-15/h4-10,16H,11-14H2,1-3H3,(H,25,32)/t16-/m0/s1. The first-order valence-corrected chi connectivity index (χ1v) is 12.2. The highest BCUT2D eigenvalue weighted by molar-refractivity contribution is 7.99. The Morgan fingerprint density at radius 2 is 2.06 bits per heavy atom. The molecular formula is C23H26N8O3S. The van der Waals surface area contributed by atoms with Gasteiger partial charge in [-0.15, -0.1) is 22.0 Å². The number of rotatable bonds is 6. The van der Waals surface area contributed by atoms with Crippen molar-refractivity contribution in [2.24, 2.45) is 0 Å². The number of aromatic nitrogens is 5. The molecule has 182 valence electrons. The minimum absolute atomic E-state index is 0.0777. The molecule has 12 heteroatoms. The highest BCUT2D eigenvalue weighted by Gasteiger charge is 2.40. The minimum Gasteiger partial charge on any atom is -0.375 e. The van der Waals surface area contributed by atoms with Crippen LogP contribution < -0.4 is 15.1 Å². The number of hydrogen-bond donors (Lipinski definition) is 1. The Kier molecular flexibility index (Phi) is 6.15. The molecule has 35 heavy (non-hydrogen) atoms. The number of likely N-dealkylation sites (N-methyl/N-ethyl adjacent to an activating group) is 1. The van der Waals surface area contributed by atoms with E-state index in [1.165, 1.54) is 21.5 Å². The molecule has 0 aliphatic carbocycles. The number of carbonyl (C=O) groups excluding carboxylic acids is 2. The Bertz CT molecular complexity index is 1240. The van der Waals surface area contributed by atoms with Crippen molar-refractivity contribution in [3.8, 4) is 0 Å². The van der Waals surface area contributed by atoms with Gasteiger partial charge in [-0.25, -0.2) is 4.98 Å². The first kappa shape index (κ1) is 23.2. The van der Waals surface area contributed by atoms with E-state index in [0.717, 1.165) is 29.4 Å². The second-order valence-corrected chi connectivity index (χ2v) is 9.95. The molecule has 1 aromatic carbocycles. The van der Waals surface area contributed by atoms with Gasteiger partial charge in [0.25, 0.3) is 11.7 Å². The molecule has 0 saturated carbocycles. The van der Waals surface area contributed by atoms with Crippen LogP contribution in [0.3, 0.4) is 0 Å². The molecule has 1 N–H and O–H groups in total. The summed E-state index contributed by atoms with van der Waals surface area (Å²) in [6.45, 7) is 3.97. The molecule has 3 aromatic rings. The number of tetrazole rings is 1. The van der Waals surface area contributed by atoms with Crippen LogP contribution in [0.1, 0.15) is 23.1 Å². The fourth-order valence-corrected chi connectivity index (χ4v) is 5.18. The molecular weight excluding hydrogens is 468 g/mol. The van der Waals surface area contributed by atoms with Gasteiger partial charge in [0.15, 0.2) is 0 Å². The van der Waals surface area contributed by atoms with Crippen LogP contribution in [0.2, 0.25) is 0 Å². The summed E-state index contributed by atoms with van der Waals surface area (Å²) in [6.07, 6.45) is 1.71. The van der Waals surface area contributed by atoms with Crippen LogP contribution in [-0.4, -0.2) is 81.6 Å².